The molecule has 0 N–H and O–H groups in total. The SMILES string of the molecule is CC[C@H](C)CN(CC(=O)N1CCc2sccc2[C@H]1COc1ccccc1F)S(=O)(=O)c1ccc(OC)cc1. The fourth-order valence-corrected chi connectivity index (χ4v) is 6.91. The Labute approximate surface area is 227 Å². The van der Waals surface area contributed by atoms with Crippen molar-refractivity contribution in [3.63, 3.8) is 0 Å². The van der Waals surface area contributed by atoms with E-state index in [4.69, 9.17) is 9.47 Å². The van der Waals surface area contributed by atoms with Crippen LogP contribution < -0.4 is 9.47 Å². The molecule has 38 heavy (non-hydrogen) atoms. The van der Waals surface area contributed by atoms with E-state index in [0.717, 1.165) is 16.9 Å². The number of sulfonamides is 1. The maximum atomic E-state index is 14.2. The number of thiophene rings is 1. The van der Waals surface area contributed by atoms with Crippen LogP contribution in [0.4, 0.5) is 4.39 Å². The molecule has 4 rings (SSSR count). The van der Waals surface area contributed by atoms with Crippen molar-refractivity contribution in [1.82, 2.24) is 9.21 Å². The fraction of sp³-hybridized carbons (Fsp3) is 0.393. The molecule has 1 aromatic heterocycles. The first-order chi connectivity index (χ1) is 18.2. The number of carbonyl (C=O) groups is 1. The third kappa shape index (κ3) is 6.19. The standard InChI is InChI=1S/C28H33FN2O5S2/c1-4-20(2)17-30(38(33,34)22-11-9-21(35-3)10-12-22)18-28(32)31-15-13-27-23(14-16-37-27)25(31)19-36-26-8-6-5-7-24(26)29/h5-12,14,16,20,25H,4,13,15,17-19H2,1-3H3/t20-,25+/m0/s1. The van der Waals surface area contributed by atoms with Crippen molar-refractivity contribution >= 4 is 27.3 Å². The van der Waals surface area contributed by atoms with Crippen molar-refractivity contribution in [2.24, 2.45) is 5.92 Å². The summed E-state index contributed by atoms with van der Waals surface area (Å²) in [5.41, 5.74) is 0.956. The minimum absolute atomic E-state index is 0.0563. The van der Waals surface area contributed by atoms with E-state index in [1.54, 1.807) is 46.6 Å². The number of ether oxygens (including phenoxy) is 2. The first kappa shape index (κ1) is 28.1. The highest BCUT2D eigenvalue weighted by Crippen LogP contribution is 2.34. The van der Waals surface area contributed by atoms with Gasteiger partial charge in [0, 0.05) is 18.0 Å². The molecule has 0 bridgehead atoms. The number of amides is 1. The molecule has 7 nitrogen and oxygen atoms in total. The number of methoxy groups -OCH3 is 1. The molecule has 3 aromatic rings. The topological polar surface area (TPSA) is 76.2 Å². The van der Waals surface area contributed by atoms with E-state index in [-0.39, 0.29) is 42.2 Å². The van der Waals surface area contributed by atoms with Crippen molar-refractivity contribution in [3.8, 4) is 11.5 Å². The third-order valence-corrected chi connectivity index (χ3v) is 9.69. The Hall–Kier alpha value is -2.95. The van der Waals surface area contributed by atoms with E-state index < -0.39 is 21.9 Å². The molecule has 0 saturated carbocycles. The Morgan fingerprint density at radius 3 is 2.61 bits per heavy atom. The molecular weight excluding hydrogens is 527 g/mol. The third-order valence-electron chi connectivity index (χ3n) is 6.87. The molecule has 204 valence electrons. The number of fused-ring (bicyclic) bond motifs is 1. The van der Waals surface area contributed by atoms with Gasteiger partial charge in [0.25, 0.3) is 0 Å². The lowest BCUT2D eigenvalue weighted by Crippen LogP contribution is -2.48. The first-order valence-electron chi connectivity index (χ1n) is 12.6. The number of benzene rings is 2. The van der Waals surface area contributed by atoms with Crippen LogP contribution in [0.25, 0.3) is 0 Å². The quantitative estimate of drug-likeness (QED) is 0.325. The van der Waals surface area contributed by atoms with Gasteiger partial charge in [-0.25, -0.2) is 12.8 Å². The molecule has 0 saturated heterocycles. The molecule has 1 amide bonds. The van der Waals surface area contributed by atoms with Crippen molar-refractivity contribution in [2.75, 3.05) is 33.4 Å². The summed E-state index contributed by atoms with van der Waals surface area (Å²) in [6, 6.07) is 13.8. The second kappa shape index (κ2) is 12.3. The average molecular weight is 561 g/mol. The van der Waals surface area contributed by atoms with Gasteiger partial charge in [0.05, 0.1) is 24.6 Å². The fourth-order valence-electron chi connectivity index (χ4n) is 4.47. The predicted octanol–water partition coefficient (Wildman–Crippen LogP) is 5.14. The molecule has 1 aliphatic heterocycles. The summed E-state index contributed by atoms with van der Waals surface area (Å²) in [6.45, 7) is 4.36. The number of hydrogen-bond acceptors (Lipinski definition) is 6. The Kier molecular flexibility index (Phi) is 9.07. The summed E-state index contributed by atoms with van der Waals surface area (Å²) in [7, 11) is -2.43. The lowest BCUT2D eigenvalue weighted by Gasteiger charge is -2.37. The van der Waals surface area contributed by atoms with E-state index in [2.05, 4.69) is 0 Å². The molecule has 10 heteroatoms. The number of halogens is 1. The number of carbonyl (C=O) groups excluding carboxylic acids is 1. The zero-order valence-electron chi connectivity index (χ0n) is 21.8. The molecule has 1 aliphatic rings. The van der Waals surface area contributed by atoms with Crippen molar-refractivity contribution < 1.29 is 27.1 Å². The second-order valence-corrected chi connectivity index (χ2v) is 12.3. The van der Waals surface area contributed by atoms with Crippen molar-refractivity contribution in [1.29, 1.82) is 0 Å². The Balaban J connectivity index is 1.59. The Bertz CT molecular complexity index is 1340. The molecular formula is C28H33FN2O5S2. The van der Waals surface area contributed by atoms with Crippen LogP contribution in [0.15, 0.2) is 64.9 Å². The molecule has 2 heterocycles. The van der Waals surface area contributed by atoms with Crippen LogP contribution >= 0.6 is 11.3 Å². The molecule has 0 unspecified atom stereocenters. The summed E-state index contributed by atoms with van der Waals surface area (Å²) < 4.78 is 53.7. The van der Waals surface area contributed by atoms with E-state index in [0.29, 0.717) is 18.7 Å². The van der Waals surface area contributed by atoms with E-state index in [9.17, 15) is 17.6 Å². The van der Waals surface area contributed by atoms with Crippen LogP contribution in [0.2, 0.25) is 0 Å². The predicted molar refractivity (Wildman–Crippen MR) is 146 cm³/mol. The lowest BCUT2D eigenvalue weighted by atomic mass is 10.0. The second-order valence-electron chi connectivity index (χ2n) is 9.38. The normalized spacial score (nSPS) is 16.2. The van der Waals surface area contributed by atoms with Gasteiger partial charge in [-0.05, 0) is 65.7 Å². The van der Waals surface area contributed by atoms with Gasteiger partial charge >= 0.3 is 0 Å². The Morgan fingerprint density at radius 2 is 1.92 bits per heavy atom. The summed E-state index contributed by atoms with van der Waals surface area (Å²) >= 11 is 1.61. The highest BCUT2D eigenvalue weighted by Gasteiger charge is 2.35. The number of para-hydroxylation sites is 1. The lowest BCUT2D eigenvalue weighted by molar-refractivity contribution is -0.135. The Morgan fingerprint density at radius 1 is 1.18 bits per heavy atom. The van der Waals surface area contributed by atoms with Crippen molar-refractivity contribution in [2.45, 2.75) is 37.6 Å². The van der Waals surface area contributed by atoms with Gasteiger partial charge < -0.3 is 14.4 Å². The smallest absolute Gasteiger partial charge is 0.243 e. The van der Waals surface area contributed by atoms with Crippen LogP contribution in [0.1, 0.15) is 36.8 Å². The number of nitrogens with zero attached hydrogens (tertiary/aromatic N) is 2. The van der Waals surface area contributed by atoms with Gasteiger partial charge in [-0.1, -0.05) is 32.4 Å². The van der Waals surface area contributed by atoms with E-state index in [1.807, 2.05) is 25.3 Å². The molecule has 0 radical (unpaired) electrons. The zero-order chi connectivity index (χ0) is 27.3. The van der Waals surface area contributed by atoms with Gasteiger partial charge in [0.2, 0.25) is 15.9 Å². The summed E-state index contributed by atoms with van der Waals surface area (Å²) in [6.07, 6.45) is 1.44. The van der Waals surface area contributed by atoms with E-state index >= 15 is 0 Å². The van der Waals surface area contributed by atoms with Crippen LogP contribution in [-0.4, -0.2) is 56.9 Å². The van der Waals surface area contributed by atoms with Gasteiger partial charge in [0.1, 0.15) is 12.4 Å². The van der Waals surface area contributed by atoms with E-state index in [1.165, 1.54) is 29.6 Å². The average Bonchev–Trinajstić information content (AvgIpc) is 3.41. The number of rotatable bonds is 11. The summed E-state index contributed by atoms with van der Waals surface area (Å²) in [5, 5.41) is 1.97. The minimum Gasteiger partial charge on any atom is -0.497 e. The van der Waals surface area contributed by atoms with Crippen LogP contribution in [0, 0.1) is 11.7 Å². The molecule has 0 aliphatic carbocycles. The zero-order valence-corrected chi connectivity index (χ0v) is 23.4. The molecule has 2 atom stereocenters. The monoisotopic (exact) mass is 560 g/mol. The van der Waals surface area contributed by atoms with Gasteiger partial charge in [-0.3, -0.25) is 4.79 Å². The first-order valence-corrected chi connectivity index (χ1v) is 14.9. The maximum absolute atomic E-state index is 14.2. The van der Waals surface area contributed by atoms with Crippen LogP contribution in [0.3, 0.4) is 0 Å². The van der Waals surface area contributed by atoms with Gasteiger partial charge in [-0.2, -0.15) is 4.31 Å². The largest absolute Gasteiger partial charge is 0.497 e. The minimum atomic E-state index is -3.94. The van der Waals surface area contributed by atoms with Crippen LogP contribution in [-0.2, 0) is 21.2 Å². The summed E-state index contributed by atoms with van der Waals surface area (Å²) in [4.78, 5) is 16.7. The van der Waals surface area contributed by atoms with Gasteiger partial charge in [0.15, 0.2) is 11.6 Å². The van der Waals surface area contributed by atoms with Crippen molar-refractivity contribution in [3.05, 3.63) is 76.2 Å². The maximum Gasteiger partial charge on any atom is 0.243 e. The highest BCUT2D eigenvalue weighted by molar-refractivity contribution is 7.89. The molecule has 0 spiro atoms. The highest BCUT2D eigenvalue weighted by atomic mass is 32.2. The number of hydrogen-bond donors (Lipinski definition) is 0. The molecule has 2 aromatic carbocycles. The molecule has 0 fully saturated rings. The summed E-state index contributed by atoms with van der Waals surface area (Å²) in [5.74, 6) is -0.0731. The van der Waals surface area contributed by atoms with Crippen LogP contribution in [0.5, 0.6) is 11.5 Å². The van der Waals surface area contributed by atoms with Gasteiger partial charge in [-0.15, -0.1) is 11.3 Å².